The Morgan fingerprint density at radius 3 is 1.95 bits per heavy atom. The molecule has 20 heavy (non-hydrogen) atoms. The fourth-order valence-electron chi connectivity index (χ4n) is 5.88. The number of anilines is 1. The van der Waals surface area contributed by atoms with Gasteiger partial charge in [0.2, 0.25) is 0 Å². The molecule has 1 aromatic carbocycles. The molecule has 0 heterocycles. The van der Waals surface area contributed by atoms with Gasteiger partial charge in [0.15, 0.2) is 0 Å². The molecule has 0 N–H and O–H groups in total. The zero-order chi connectivity index (χ0) is 13.7. The smallest absolute Gasteiger partial charge is 0.0363 e. The van der Waals surface area contributed by atoms with Gasteiger partial charge < -0.3 is 4.90 Å². The van der Waals surface area contributed by atoms with Crippen LogP contribution in [-0.2, 0) is 0 Å². The van der Waals surface area contributed by atoms with Crippen LogP contribution in [0.1, 0.15) is 44.1 Å². The molecule has 5 rings (SSSR count). The summed E-state index contributed by atoms with van der Waals surface area (Å²) in [6, 6.07) is 9.06. The van der Waals surface area contributed by atoms with Crippen molar-refractivity contribution in [1.29, 1.82) is 0 Å². The molecule has 1 heteroatoms. The van der Waals surface area contributed by atoms with Crippen LogP contribution in [-0.4, -0.2) is 13.6 Å². The summed E-state index contributed by atoms with van der Waals surface area (Å²) in [5, 5.41) is 0. The molecule has 4 aliphatic carbocycles. The van der Waals surface area contributed by atoms with E-state index in [1.54, 1.807) is 19.3 Å². The molecule has 4 saturated carbocycles. The van der Waals surface area contributed by atoms with E-state index in [0.717, 1.165) is 17.8 Å². The molecule has 0 aromatic heterocycles. The highest BCUT2D eigenvalue weighted by molar-refractivity contribution is 5.47. The van der Waals surface area contributed by atoms with E-state index in [-0.39, 0.29) is 0 Å². The minimum Gasteiger partial charge on any atom is -0.374 e. The standard InChI is InChI=1S/C19H27N/c1-14-3-5-18(6-4-14)20(2)13-19-10-15-7-16(11-19)9-17(8-15)12-19/h3-6,15-17H,7-13H2,1-2H3. The van der Waals surface area contributed by atoms with Gasteiger partial charge in [-0.1, -0.05) is 17.7 Å². The Labute approximate surface area is 123 Å². The van der Waals surface area contributed by atoms with Gasteiger partial charge in [0.25, 0.3) is 0 Å². The third-order valence-corrected chi connectivity index (χ3v) is 6.21. The molecule has 4 bridgehead atoms. The maximum Gasteiger partial charge on any atom is 0.0363 e. The largest absolute Gasteiger partial charge is 0.374 e. The first-order chi connectivity index (χ1) is 9.62. The summed E-state index contributed by atoms with van der Waals surface area (Å²) >= 11 is 0. The van der Waals surface area contributed by atoms with Crippen molar-refractivity contribution in [2.45, 2.75) is 45.4 Å². The lowest BCUT2D eigenvalue weighted by molar-refractivity contribution is -0.0472. The molecule has 1 nitrogen and oxygen atoms in total. The first-order valence-corrected chi connectivity index (χ1v) is 8.40. The predicted molar refractivity (Wildman–Crippen MR) is 85.1 cm³/mol. The van der Waals surface area contributed by atoms with Gasteiger partial charge >= 0.3 is 0 Å². The van der Waals surface area contributed by atoms with Crippen LogP contribution in [0.2, 0.25) is 0 Å². The second kappa shape index (κ2) is 4.51. The van der Waals surface area contributed by atoms with E-state index in [2.05, 4.69) is 43.1 Å². The van der Waals surface area contributed by atoms with Crippen molar-refractivity contribution in [1.82, 2.24) is 0 Å². The quantitative estimate of drug-likeness (QED) is 0.772. The third kappa shape index (κ3) is 2.16. The van der Waals surface area contributed by atoms with E-state index in [1.807, 2.05) is 0 Å². The summed E-state index contributed by atoms with van der Waals surface area (Å²) < 4.78 is 0. The van der Waals surface area contributed by atoms with Crippen LogP contribution in [0.4, 0.5) is 5.69 Å². The van der Waals surface area contributed by atoms with Crippen molar-refractivity contribution in [2.24, 2.45) is 23.2 Å². The molecule has 4 aliphatic rings. The van der Waals surface area contributed by atoms with Gasteiger partial charge in [0.05, 0.1) is 0 Å². The first-order valence-electron chi connectivity index (χ1n) is 8.40. The Kier molecular flexibility index (Phi) is 2.87. The lowest BCUT2D eigenvalue weighted by Gasteiger charge is -2.57. The van der Waals surface area contributed by atoms with Crippen molar-refractivity contribution >= 4 is 5.69 Å². The molecule has 0 saturated heterocycles. The third-order valence-electron chi connectivity index (χ3n) is 6.21. The summed E-state index contributed by atoms with van der Waals surface area (Å²) in [5.74, 6) is 3.19. The second-order valence-electron chi connectivity index (χ2n) is 8.11. The Morgan fingerprint density at radius 1 is 0.950 bits per heavy atom. The summed E-state index contributed by atoms with van der Waals surface area (Å²) in [7, 11) is 2.29. The number of rotatable bonds is 3. The summed E-state index contributed by atoms with van der Waals surface area (Å²) in [6.07, 6.45) is 9.17. The highest BCUT2D eigenvalue weighted by Crippen LogP contribution is 2.60. The van der Waals surface area contributed by atoms with Crippen molar-refractivity contribution < 1.29 is 0 Å². The van der Waals surface area contributed by atoms with Crippen LogP contribution in [0.3, 0.4) is 0 Å². The average Bonchev–Trinajstić information content (AvgIpc) is 2.37. The van der Waals surface area contributed by atoms with E-state index < -0.39 is 0 Å². The SMILES string of the molecule is Cc1ccc(N(C)CC23CC4CC(CC(C4)C2)C3)cc1. The lowest BCUT2D eigenvalue weighted by Crippen LogP contribution is -2.50. The van der Waals surface area contributed by atoms with E-state index in [0.29, 0.717) is 5.41 Å². The molecule has 0 aliphatic heterocycles. The van der Waals surface area contributed by atoms with Crippen molar-refractivity contribution in [3.05, 3.63) is 29.8 Å². The molecular formula is C19H27N. The lowest BCUT2D eigenvalue weighted by atomic mass is 9.49. The molecular weight excluding hydrogens is 242 g/mol. The maximum absolute atomic E-state index is 2.52. The zero-order valence-corrected chi connectivity index (χ0v) is 12.9. The molecule has 4 fully saturated rings. The van der Waals surface area contributed by atoms with E-state index in [9.17, 15) is 0 Å². The highest BCUT2D eigenvalue weighted by Gasteiger charge is 2.51. The van der Waals surface area contributed by atoms with Gasteiger partial charge in [-0.15, -0.1) is 0 Å². The zero-order valence-electron chi connectivity index (χ0n) is 12.9. The minimum absolute atomic E-state index is 0.647. The maximum atomic E-state index is 2.52. The molecule has 108 valence electrons. The van der Waals surface area contributed by atoms with Gasteiger partial charge in [-0.05, 0) is 80.8 Å². The van der Waals surface area contributed by atoms with Crippen LogP contribution < -0.4 is 4.90 Å². The average molecular weight is 269 g/mol. The predicted octanol–water partition coefficient (Wildman–Crippen LogP) is 4.65. The number of hydrogen-bond donors (Lipinski definition) is 0. The molecule has 0 amide bonds. The monoisotopic (exact) mass is 269 g/mol. The summed E-state index contributed by atoms with van der Waals surface area (Å²) in [4.78, 5) is 2.52. The number of hydrogen-bond acceptors (Lipinski definition) is 1. The van der Waals surface area contributed by atoms with Gasteiger partial charge in [0.1, 0.15) is 0 Å². The van der Waals surface area contributed by atoms with Gasteiger partial charge in [0, 0.05) is 19.3 Å². The number of nitrogens with zero attached hydrogens (tertiary/aromatic N) is 1. The minimum atomic E-state index is 0.647. The van der Waals surface area contributed by atoms with Gasteiger partial charge in [-0.2, -0.15) is 0 Å². The molecule has 0 radical (unpaired) electrons. The van der Waals surface area contributed by atoms with Crippen LogP contribution in [0.5, 0.6) is 0 Å². The Morgan fingerprint density at radius 2 is 1.45 bits per heavy atom. The fourth-order valence-corrected chi connectivity index (χ4v) is 5.88. The Bertz CT molecular complexity index is 452. The highest BCUT2D eigenvalue weighted by atomic mass is 15.1. The van der Waals surface area contributed by atoms with Crippen molar-refractivity contribution in [2.75, 3.05) is 18.5 Å². The van der Waals surface area contributed by atoms with Crippen LogP contribution in [0.25, 0.3) is 0 Å². The van der Waals surface area contributed by atoms with E-state index >= 15 is 0 Å². The van der Waals surface area contributed by atoms with Gasteiger partial charge in [-0.3, -0.25) is 0 Å². The Hall–Kier alpha value is -0.980. The van der Waals surface area contributed by atoms with E-state index in [1.165, 1.54) is 37.1 Å². The Balaban J connectivity index is 1.52. The van der Waals surface area contributed by atoms with Crippen molar-refractivity contribution in [3.8, 4) is 0 Å². The van der Waals surface area contributed by atoms with Crippen LogP contribution in [0.15, 0.2) is 24.3 Å². The van der Waals surface area contributed by atoms with Crippen molar-refractivity contribution in [3.63, 3.8) is 0 Å². The molecule has 0 unspecified atom stereocenters. The molecule has 0 spiro atoms. The van der Waals surface area contributed by atoms with E-state index in [4.69, 9.17) is 0 Å². The van der Waals surface area contributed by atoms with Crippen LogP contribution >= 0.6 is 0 Å². The normalized spacial score (nSPS) is 38.2. The fraction of sp³-hybridized carbons (Fsp3) is 0.684. The molecule has 1 aromatic rings. The summed E-state index contributed by atoms with van der Waals surface area (Å²) in [6.45, 7) is 3.45. The van der Waals surface area contributed by atoms with Gasteiger partial charge in [-0.25, -0.2) is 0 Å². The first kappa shape index (κ1) is 12.7. The topological polar surface area (TPSA) is 3.24 Å². The number of benzene rings is 1. The van der Waals surface area contributed by atoms with Crippen LogP contribution in [0, 0.1) is 30.1 Å². The number of aryl methyl sites for hydroxylation is 1. The summed E-state index contributed by atoms with van der Waals surface area (Å²) in [5.41, 5.74) is 3.40. The molecule has 0 atom stereocenters. The second-order valence-corrected chi connectivity index (χ2v) is 8.11.